The normalized spacial score (nSPS) is 18.5. The van der Waals surface area contributed by atoms with Crippen LogP contribution in [-0.2, 0) is 31.8 Å². The Hall–Kier alpha value is -0.0400. The summed E-state index contributed by atoms with van der Waals surface area (Å²) in [5.74, 6) is -1.45. The lowest BCUT2D eigenvalue weighted by molar-refractivity contribution is -0.136. The maximum Gasteiger partial charge on any atom is 0.481 e. The minimum absolute atomic E-state index is 1.15. The first-order chi connectivity index (χ1) is 9.63. The van der Waals surface area contributed by atoms with Crippen LogP contribution < -0.4 is 0 Å². The first-order valence-electron chi connectivity index (χ1n) is 4.96. The number of phosphoric acid groups is 3. The van der Waals surface area contributed by atoms with E-state index in [1.807, 2.05) is 0 Å². The average Bonchev–Trinajstić information content (AvgIpc) is 2.28. The van der Waals surface area contributed by atoms with E-state index in [2.05, 4.69) is 13.4 Å². The van der Waals surface area contributed by atoms with Gasteiger partial charge in [-0.3, -0.25) is 13.8 Å². The van der Waals surface area contributed by atoms with Crippen LogP contribution in [0.5, 0.6) is 0 Å². The molecule has 0 bridgehead atoms. The maximum atomic E-state index is 11.3. The first kappa shape index (κ1) is 22.0. The molecule has 0 saturated heterocycles. The molecule has 0 rings (SSSR count). The molecule has 0 heterocycles. The van der Waals surface area contributed by atoms with Gasteiger partial charge in [-0.2, -0.15) is 4.31 Å². The summed E-state index contributed by atoms with van der Waals surface area (Å²) in [6.45, 7) is -2.55. The summed E-state index contributed by atoms with van der Waals surface area (Å²) in [6, 6.07) is 0. The van der Waals surface area contributed by atoms with Crippen molar-refractivity contribution in [2.24, 2.45) is 0 Å². The smallest absolute Gasteiger partial charge is 0.388 e. The van der Waals surface area contributed by atoms with E-state index in [0.717, 1.165) is 0 Å². The molecule has 0 aromatic rings. The van der Waals surface area contributed by atoms with Gasteiger partial charge in [-0.1, -0.05) is 0 Å². The molecule has 0 saturated carbocycles. The number of hydrogen-bond acceptors (Lipinski definition) is 9. The molecule has 0 spiro atoms. The Kier molecular flexibility index (Phi) is 8.16. The highest BCUT2D eigenvalue weighted by Crippen LogP contribution is 2.57. The first-order valence-corrected chi connectivity index (χ1v) is 9.52. The van der Waals surface area contributed by atoms with Gasteiger partial charge in [0.25, 0.3) is 0 Å². The Bertz CT molecular complexity index is 517. The second-order valence-corrected chi connectivity index (χ2v) is 7.65. The molecule has 0 aromatic heterocycles. The third kappa shape index (κ3) is 10.6. The molecular weight excluding hydrogens is 377 g/mol. The van der Waals surface area contributed by atoms with E-state index in [1.165, 1.54) is 0 Å². The number of Topliss-reactive ketones (excluding diaryl/α,β-unsaturated/α-hetero) is 1. The van der Waals surface area contributed by atoms with Crippen molar-refractivity contribution in [2.75, 3.05) is 13.2 Å². The van der Waals surface area contributed by atoms with Crippen LogP contribution in [0.3, 0.4) is 0 Å². The van der Waals surface area contributed by atoms with Gasteiger partial charge in [0.1, 0.15) is 18.8 Å². The topological polar surface area (TPSA) is 238 Å². The van der Waals surface area contributed by atoms with E-state index >= 15 is 0 Å². The molecule has 3 atom stereocenters. The lowest BCUT2D eigenvalue weighted by Crippen LogP contribution is -2.38. The van der Waals surface area contributed by atoms with Gasteiger partial charge in [0, 0.05) is 0 Å². The van der Waals surface area contributed by atoms with Crippen molar-refractivity contribution in [3.63, 3.8) is 0 Å². The van der Waals surface area contributed by atoms with E-state index in [0.29, 0.717) is 0 Å². The van der Waals surface area contributed by atoms with Gasteiger partial charge < -0.3 is 34.7 Å². The Balaban J connectivity index is 4.45. The van der Waals surface area contributed by atoms with E-state index in [-0.39, 0.29) is 0 Å². The van der Waals surface area contributed by atoms with Crippen LogP contribution in [0.1, 0.15) is 0 Å². The van der Waals surface area contributed by atoms with Crippen LogP contribution in [0.15, 0.2) is 0 Å². The molecule has 0 amide bonds. The van der Waals surface area contributed by atoms with Crippen LogP contribution in [0.25, 0.3) is 0 Å². The second kappa shape index (κ2) is 8.18. The fourth-order valence-electron chi connectivity index (χ4n) is 0.868. The van der Waals surface area contributed by atoms with Gasteiger partial charge in [0.05, 0.1) is 6.61 Å². The van der Waals surface area contributed by atoms with Crippen molar-refractivity contribution >= 4 is 29.3 Å². The summed E-state index contributed by atoms with van der Waals surface area (Å²) in [7, 11) is -15.7. The van der Waals surface area contributed by atoms with E-state index in [9.17, 15) is 28.7 Å². The minimum atomic E-state index is -5.39. The van der Waals surface area contributed by atoms with Gasteiger partial charge >= 0.3 is 23.5 Å². The molecule has 22 heavy (non-hydrogen) atoms. The number of rotatable bonds is 10. The van der Waals surface area contributed by atoms with Crippen LogP contribution in [0.4, 0.5) is 0 Å². The maximum absolute atomic E-state index is 11.3. The third-order valence-electron chi connectivity index (χ3n) is 1.69. The number of carbonyl (C=O) groups excluding carboxylic acids is 1. The van der Waals surface area contributed by atoms with Crippen molar-refractivity contribution < 1.29 is 66.5 Å². The molecule has 17 heteroatoms. The highest BCUT2D eigenvalue weighted by atomic mass is 31.3. The largest absolute Gasteiger partial charge is 0.481 e. The molecule has 132 valence electrons. The second-order valence-electron chi connectivity index (χ2n) is 3.58. The van der Waals surface area contributed by atoms with Crippen molar-refractivity contribution in [1.29, 1.82) is 0 Å². The Morgan fingerprint density at radius 3 is 1.82 bits per heavy atom. The molecule has 1 unspecified atom stereocenters. The third-order valence-corrected chi connectivity index (χ3v) is 4.30. The fraction of sp³-hybridized carbons (Fsp3) is 0.800. The van der Waals surface area contributed by atoms with Gasteiger partial charge in [0.2, 0.25) is 0 Å². The number of aliphatic hydroxyl groups is 2. The number of carbonyl (C=O) groups is 1. The molecule has 0 aliphatic heterocycles. The summed E-state index contributed by atoms with van der Waals surface area (Å²) in [5.41, 5.74) is 0. The van der Waals surface area contributed by atoms with E-state index in [4.69, 9.17) is 24.5 Å². The SMILES string of the molecule is O=C(COP(=O)(O)OP(=O)(O)O)[C@H](O)[C@H](O)COP(=O)(O)O. The zero-order valence-corrected chi connectivity index (χ0v) is 13.1. The van der Waals surface area contributed by atoms with Crippen molar-refractivity contribution in [3.8, 4) is 0 Å². The predicted molar refractivity (Wildman–Crippen MR) is 63.9 cm³/mol. The molecule has 0 aromatic carbocycles. The molecule has 7 N–H and O–H groups in total. The number of hydrogen-bond donors (Lipinski definition) is 7. The molecule has 0 aliphatic rings. The Labute approximate surface area is 122 Å². The molecule has 14 nitrogen and oxygen atoms in total. The molecular formula is C5H13O14P3. The van der Waals surface area contributed by atoms with Crippen LogP contribution in [0.2, 0.25) is 0 Å². The molecule has 0 aliphatic carbocycles. The van der Waals surface area contributed by atoms with Crippen LogP contribution >= 0.6 is 23.5 Å². The zero-order valence-electron chi connectivity index (χ0n) is 10.4. The molecule has 0 radical (unpaired) electrons. The summed E-state index contributed by atoms with van der Waals surface area (Å²) in [5, 5.41) is 18.4. The zero-order chi connectivity index (χ0) is 17.8. The lowest BCUT2D eigenvalue weighted by Gasteiger charge is -2.18. The summed E-state index contributed by atoms with van der Waals surface area (Å²) < 4.78 is 42.6. The van der Waals surface area contributed by atoms with Crippen molar-refractivity contribution in [2.45, 2.75) is 12.2 Å². The lowest BCUT2D eigenvalue weighted by atomic mass is 10.1. The summed E-state index contributed by atoms with van der Waals surface area (Å²) in [4.78, 5) is 53.3. The van der Waals surface area contributed by atoms with Crippen molar-refractivity contribution in [3.05, 3.63) is 0 Å². The van der Waals surface area contributed by atoms with E-state index < -0.39 is 54.7 Å². The quantitative estimate of drug-likeness (QED) is 0.193. The highest BCUT2D eigenvalue weighted by molar-refractivity contribution is 7.60. The van der Waals surface area contributed by atoms with Gasteiger partial charge in [-0.25, -0.2) is 13.7 Å². The van der Waals surface area contributed by atoms with Crippen molar-refractivity contribution in [1.82, 2.24) is 0 Å². The summed E-state index contributed by atoms with van der Waals surface area (Å²) >= 11 is 0. The van der Waals surface area contributed by atoms with Crippen LogP contribution in [0, 0.1) is 0 Å². The number of aliphatic hydroxyl groups excluding tert-OH is 2. The summed E-state index contributed by atoms with van der Waals surface area (Å²) in [6.07, 6.45) is -4.42. The van der Waals surface area contributed by atoms with Crippen LogP contribution in [-0.4, -0.2) is 65.9 Å². The van der Waals surface area contributed by atoms with Gasteiger partial charge in [-0.05, 0) is 0 Å². The average molecular weight is 390 g/mol. The van der Waals surface area contributed by atoms with Gasteiger partial charge in [-0.15, -0.1) is 0 Å². The predicted octanol–water partition coefficient (Wildman–Crippen LogP) is -2.39. The number of phosphoric ester groups is 2. The van der Waals surface area contributed by atoms with Gasteiger partial charge in [0.15, 0.2) is 5.78 Å². The Morgan fingerprint density at radius 2 is 1.41 bits per heavy atom. The highest BCUT2D eigenvalue weighted by Gasteiger charge is 2.35. The van der Waals surface area contributed by atoms with E-state index in [1.54, 1.807) is 0 Å². The standard InChI is InChI=1S/C5H13O14P3/c6-3(1-17-20(9,10)11)5(8)4(7)2-18-22(15,16)19-21(12,13)14/h3,5-6,8H,1-2H2,(H,15,16)(H2,9,10,11)(H2,12,13,14)/t3-,5-/m1/s1. The Morgan fingerprint density at radius 1 is 0.909 bits per heavy atom. The molecule has 0 fully saturated rings. The minimum Gasteiger partial charge on any atom is -0.388 e. The fourth-order valence-corrected chi connectivity index (χ4v) is 2.77. The number of ketones is 1. The monoisotopic (exact) mass is 390 g/mol.